The maximum atomic E-state index is 10.6. The van der Waals surface area contributed by atoms with Crippen LogP contribution in [0.4, 0.5) is 5.69 Å². The fraction of sp³-hybridized carbons (Fsp3) is 0.120. The first kappa shape index (κ1) is 20.6. The van der Waals surface area contributed by atoms with Crippen LogP contribution in [0.3, 0.4) is 0 Å². The molecule has 0 spiro atoms. The van der Waals surface area contributed by atoms with Crippen molar-refractivity contribution in [1.82, 2.24) is 10.3 Å². The van der Waals surface area contributed by atoms with Crippen LogP contribution >= 0.6 is 24.0 Å². The second kappa shape index (κ2) is 8.68. The molecule has 0 aliphatic carbocycles. The number of hydrogen-bond acceptors (Lipinski definition) is 5. The van der Waals surface area contributed by atoms with Gasteiger partial charge < -0.3 is 19.7 Å². The standard InChI is InChI=1S/C25H21N3O2S2/c1-16-9-11-17(12-10-16)32-22-14-13-21(30-22)24-23(18-6-4-5-15-26-18)27-25(31)28(24)19-7-2-3-8-20(19)29/h2-15,23-24,29H,1H3,(H,27,31)/t23-,24-/m0/s1. The summed E-state index contributed by atoms with van der Waals surface area (Å²) in [5.41, 5.74) is 2.69. The molecule has 2 atom stereocenters. The van der Waals surface area contributed by atoms with Crippen molar-refractivity contribution in [1.29, 1.82) is 0 Å². The van der Waals surface area contributed by atoms with Crippen molar-refractivity contribution in [2.24, 2.45) is 0 Å². The first-order chi connectivity index (χ1) is 15.6. The number of anilines is 1. The monoisotopic (exact) mass is 459 g/mol. The van der Waals surface area contributed by atoms with Gasteiger partial charge in [0.05, 0.1) is 17.4 Å². The number of nitrogens with one attached hydrogen (secondary N) is 1. The van der Waals surface area contributed by atoms with Crippen molar-refractivity contribution in [3.63, 3.8) is 0 Å². The molecular weight excluding hydrogens is 438 g/mol. The lowest BCUT2D eigenvalue weighted by molar-refractivity contribution is 0.382. The van der Waals surface area contributed by atoms with Gasteiger partial charge in [0, 0.05) is 11.1 Å². The van der Waals surface area contributed by atoms with Crippen molar-refractivity contribution in [2.75, 3.05) is 4.90 Å². The molecule has 1 aliphatic rings. The van der Waals surface area contributed by atoms with Crippen molar-refractivity contribution >= 4 is 34.8 Å². The number of furan rings is 1. The van der Waals surface area contributed by atoms with Gasteiger partial charge in [-0.2, -0.15) is 0 Å². The van der Waals surface area contributed by atoms with Crippen LogP contribution in [0.1, 0.15) is 29.1 Å². The van der Waals surface area contributed by atoms with E-state index in [1.807, 2.05) is 47.4 Å². The maximum Gasteiger partial charge on any atom is 0.174 e. The molecule has 0 radical (unpaired) electrons. The van der Waals surface area contributed by atoms with Crippen molar-refractivity contribution in [2.45, 2.75) is 29.0 Å². The summed E-state index contributed by atoms with van der Waals surface area (Å²) in [6, 6.07) is 24.7. The quantitative estimate of drug-likeness (QED) is 0.354. The summed E-state index contributed by atoms with van der Waals surface area (Å²) >= 11 is 7.26. The van der Waals surface area contributed by atoms with E-state index in [0.29, 0.717) is 10.8 Å². The molecule has 0 bridgehead atoms. The molecule has 1 saturated heterocycles. The molecule has 2 aromatic carbocycles. The number of phenolic OH excluding ortho intramolecular Hbond substituents is 1. The van der Waals surface area contributed by atoms with Gasteiger partial charge in [0.2, 0.25) is 0 Å². The van der Waals surface area contributed by atoms with E-state index in [-0.39, 0.29) is 17.8 Å². The average Bonchev–Trinajstić information content (AvgIpc) is 3.40. The molecule has 5 rings (SSSR count). The van der Waals surface area contributed by atoms with Crippen molar-refractivity contribution < 1.29 is 9.52 Å². The van der Waals surface area contributed by atoms with Gasteiger partial charge in [-0.3, -0.25) is 4.98 Å². The topological polar surface area (TPSA) is 61.5 Å². The molecule has 4 aromatic rings. The molecule has 2 aromatic heterocycles. The molecule has 2 N–H and O–H groups in total. The summed E-state index contributed by atoms with van der Waals surface area (Å²) in [6.45, 7) is 2.07. The van der Waals surface area contributed by atoms with Gasteiger partial charge in [-0.25, -0.2) is 0 Å². The number of benzene rings is 2. The third kappa shape index (κ3) is 3.97. The van der Waals surface area contributed by atoms with Crippen LogP contribution in [0.25, 0.3) is 0 Å². The highest BCUT2D eigenvalue weighted by molar-refractivity contribution is 7.99. The van der Waals surface area contributed by atoms with E-state index < -0.39 is 0 Å². The Kier molecular flexibility index (Phi) is 5.59. The molecule has 32 heavy (non-hydrogen) atoms. The number of aromatic hydroxyl groups is 1. The fourth-order valence-corrected chi connectivity index (χ4v) is 4.96. The summed E-state index contributed by atoms with van der Waals surface area (Å²) < 4.78 is 6.31. The van der Waals surface area contributed by atoms with Crippen LogP contribution in [0.15, 0.2) is 99.5 Å². The zero-order valence-corrected chi connectivity index (χ0v) is 18.9. The average molecular weight is 460 g/mol. The first-order valence-electron chi connectivity index (χ1n) is 10.2. The summed E-state index contributed by atoms with van der Waals surface area (Å²) in [4.78, 5) is 7.56. The van der Waals surface area contributed by atoms with Crippen LogP contribution in [0.5, 0.6) is 5.75 Å². The molecule has 7 heteroatoms. The highest BCUT2D eigenvalue weighted by Gasteiger charge is 2.43. The van der Waals surface area contributed by atoms with Crippen LogP contribution in [0, 0.1) is 6.92 Å². The Balaban J connectivity index is 1.54. The molecule has 1 fully saturated rings. The number of rotatable bonds is 5. The SMILES string of the molecule is Cc1ccc(Sc2ccc([C@H]3[C@H](c4ccccn4)NC(=S)N3c3ccccc3O)o2)cc1. The molecule has 0 saturated carbocycles. The fourth-order valence-electron chi connectivity index (χ4n) is 3.84. The minimum Gasteiger partial charge on any atom is -0.506 e. The van der Waals surface area contributed by atoms with Crippen LogP contribution < -0.4 is 10.2 Å². The Bertz CT molecular complexity index is 1240. The van der Waals surface area contributed by atoms with Gasteiger partial charge in [-0.15, -0.1) is 0 Å². The van der Waals surface area contributed by atoms with Crippen LogP contribution in [-0.2, 0) is 0 Å². The predicted molar refractivity (Wildman–Crippen MR) is 130 cm³/mol. The van der Waals surface area contributed by atoms with Gasteiger partial charge in [0.25, 0.3) is 0 Å². The lowest BCUT2D eigenvalue weighted by atomic mass is 10.0. The zero-order chi connectivity index (χ0) is 22.1. The number of hydrogen-bond donors (Lipinski definition) is 2. The molecule has 5 nitrogen and oxygen atoms in total. The summed E-state index contributed by atoms with van der Waals surface area (Å²) in [5, 5.41) is 15.2. The maximum absolute atomic E-state index is 10.6. The molecule has 1 aliphatic heterocycles. The van der Waals surface area contributed by atoms with E-state index in [9.17, 15) is 5.11 Å². The number of nitrogens with zero attached hydrogens (tertiary/aromatic N) is 2. The second-order valence-electron chi connectivity index (χ2n) is 7.56. The summed E-state index contributed by atoms with van der Waals surface area (Å²) in [6.07, 6.45) is 1.76. The Morgan fingerprint density at radius 1 is 1.00 bits per heavy atom. The van der Waals surface area contributed by atoms with E-state index in [1.165, 1.54) is 5.56 Å². The Morgan fingerprint density at radius 2 is 1.78 bits per heavy atom. The summed E-state index contributed by atoms with van der Waals surface area (Å²) in [7, 11) is 0. The minimum absolute atomic E-state index is 0.157. The molecule has 3 heterocycles. The zero-order valence-electron chi connectivity index (χ0n) is 17.3. The number of para-hydroxylation sites is 2. The van der Waals surface area contributed by atoms with Gasteiger partial charge in [0.1, 0.15) is 17.6 Å². The van der Waals surface area contributed by atoms with E-state index in [0.717, 1.165) is 21.4 Å². The van der Waals surface area contributed by atoms with Gasteiger partial charge >= 0.3 is 0 Å². The van der Waals surface area contributed by atoms with E-state index >= 15 is 0 Å². The molecule has 0 unspecified atom stereocenters. The predicted octanol–water partition coefficient (Wildman–Crippen LogP) is 6.02. The third-order valence-corrected chi connectivity index (χ3v) is 6.62. The largest absolute Gasteiger partial charge is 0.506 e. The van der Waals surface area contributed by atoms with Crippen LogP contribution in [-0.4, -0.2) is 15.2 Å². The van der Waals surface area contributed by atoms with E-state index in [1.54, 1.807) is 30.1 Å². The lowest BCUT2D eigenvalue weighted by Crippen LogP contribution is -2.29. The molecule has 160 valence electrons. The molecule has 0 amide bonds. The minimum atomic E-state index is -0.307. The lowest BCUT2D eigenvalue weighted by Gasteiger charge is -2.26. The number of aryl methyl sites for hydroxylation is 1. The van der Waals surface area contributed by atoms with E-state index in [2.05, 4.69) is 41.5 Å². The Labute approximate surface area is 196 Å². The Hall–Kier alpha value is -3.29. The highest BCUT2D eigenvalue weighted by atomic mass is 32.2. The summed E-state index contributed by atoms with van der Waals surface area (Å²) in [5.74, 6) is 0.898. The van der Waals surface area contributed by atoms with Gasteiger partial charge in [0.15, 0.2) is 10.2 Å². The smallest absolute Gasteiger partial charge is 0.174 e. The second-order valence-corrected chi connectivity index (χ2v) is 9.02. The van der Waals surface area contributed by atoms with Gasteiger partial charge in [-0.05, 0) is 67.7 Å². The van der Waals surface area contributed by atoms with Crippen molar-refractivity contribution in [3.8, 4) is 5.75 Å². The Morgan fingerprint density at radius 3 is 2.53 bits per heavy atom. The number of aromatic nitrogens is 1. The van der Waals surface area contributed by atoms with Gasteiger partial charge in [-0.1, -0.05) is 47.7 Å². The molecular formula is C25H21N3O2S2. The number of thiocarbonyl (C=S) groups is 1. The number of pyridine rings is 1. The van der Waals surface area contributed by atoms with Crippen LogP contribution in [0.2, 0.25) is 0 Å². The normalized spacial score (nSPS) is 18.0. The van der Waals surface area contributed by atoms with Crippen molar-refractivity contribution in [3.05, 3.63) is 102 Å². The third-order valence-electron chi connectivity index (χ3n) is 5.37. The highest BCUT2D eigenvalue weighted by Crippen LogP contribution is 2.45. The number of phenols is 1. The van der Waals surface area contributed by atoms with E-state index in [4.69, 9.17) is 16.6 Å². The first-order valence-corrected chi connectivity index (χ1v) is 11.5.